The fourth-order valence-corrected chi connectivity index (χ4v) is 3.63. The van der Waals surface area contributed by atoms with E-state index in [1.54, 1.807) is 0 Å². The molecule has 0 N–H and O–H groups in total. The van der Waals surface area contributed by atoms with E-state index >= 15 is 0 Å². The molecule has 0 amide bonds. The maximum absolute atomic E-state index is 3.88. The van der Waals surface area contributed by atoms with Crippen molar-refractivity contribution in [1.82, 2.24) is 0 Å². The summed E-state index contributed by atoms with van der Waals surface area (Å²) < 4.78 is 1.15. The molecule has 0 aliphatic heterocycles. The fraction of sp³-hybridized carbons (Fsp3) is 0.158. The molecule has 0 spiro atoms. The highest BCUT2D eigenvalue weighted by Crippen LogP contribution is 2.37. The van der Waals surface area contributed by atoms with Gasteiger partial charge in [-0.2, -0.15) is 0 Å². The number of hydrogen-bond donors (Lipinski definition) is 0. The minimum atomic E-state index is 0.204. The Kier molecular flexibility index (Phi) is 4.19. The van der Waals surface area contributed by atoms with Crippen LogP contribution in [0.2, 0.25) is 0 Å². The van der Waals surface area contributed by atoms with E-state index in [1.165, 1.54) is 33.0 Å². The first-order valence-corrected chi connectivity index (χ1v) is 8.67. The topological polar surface area (TPSA) is 0 Å². The third-order valence-electron chi connectivity index (χ3n) is 3.92. The maximum Gasteiger partial charge on any atom is 0.0650 e. The number of aryl methyl sites for hydroxylation is 2. The number of fused-ring (bicyclic) bond motifs is 1. The van der Waals surface area contributed by atoms with Gasteiger partial charge in [0.1, 0.15) is 0 Å². The van der Waals surface area contributed by atoms with E-state index in [0.717, 1.165) is 4.47 Å². The van der Waals surface area contributed by atoms with Crippen LogP contribution in [-0.4, -0.2) is 0 Å². The van der Waals surface area contributed by atoms with Gasteiger partial charge in [0.05, 0.1) is 4.83 Å². The summed E-state index contributed by atoms with van der Waals surface area (Å²) in [5.41, 5.74) is 5.18. The number of rotatable bonds is 2. The Morgan fingerprint density at radius 3 is 2.24 bits per heavy atom. The Morgan fingerprint density at radius 1 is 0.810 bits per heavy atom. The molecule has 106 valence electrons. The first-order chi connectivity index (χ1) is 10.1. The van der Waals surface area contributed by atoms with Crippen LogP contribution >= 0.6 is 31.9 Å². The zero-order valence-corrected chi connectivity index (χ0v) is 15.2. The van der Waals surface area contributed by atoms with E-state index in [0.29, 0.717) is 0 Å². The lowest BCUT2D eigenvalue weighted by atomic mass is 9.95. The fourth-order valence-electron chi connectivity index (χ4n) is 2.70. The van der Waals surface area contributed by atoms with Crippen molar-refractivity contribution in [2.75, 3.05) is 0 Å². The number of halogens is 2. The van der Waals surface area contributed by atoms with Crippen molar-refractivity contribution in [3.63, 3.8) is 0 Å². The summed E-state index contributed by atoms with van der Waals surface area (Å²) in [7, 11) is 0. The molecule has 1 atom stereocenters. The predicted molar refractivity (Wildman–Crippen MR) is 98.3 cm³/mol. The average Bonchev–Trinajstić information content (AvgIpc) is 2.50. The zero-order chi connectivity index (χ0) is 15.0. The minimum absolute atomic E-state index is 0.204. The molecule has 3 aromatic carbocycles. The zero-order valence-electron chi connectivity index (χ0n) is 12.0. The second-order valence-electron chi connectivity index (χ2n) is 5.39. The van der Waals surface area contributed by atoms with Gasteiger partial charge < -0.3 is 0 Å². The van der Waals surface area contributed by atoms with Gasteiger partial charge in [-0.1, -0.05) is 80.4 Å². The summed E-state index contributed by atoms with van der Waals surface area (Å²) in [5, 5.41) is 2.65. The number of alkyl halides is 1. The van der Waals surface area contributed by atoms with Crippen molar-refractivity contribution >= 4 is 42.6 Å². The van der Waals surface area contributed by atoms with Crippen molar-refractivity contribution in [2.45, 2.75) is 18.7 Å². The molecular formula is C19H16Br2. The molecule has 3 rings (SSSR count). The first-order valence-electron chi connectivity index (χ1n) is 6.96. The Morgan fingerprint density at radius 2 is 1.52 bits per heavy atom. The SMILES string of the molecule is Cc1cc(C(Br)c2ccc(C)c3ccccc23)ccc1Br. The maximum atomic E-state index is 3.88. The molecule has 0 aromatic heterocycles. The van der Waals surface area contributed by atoms with Gasteiger partial charge in [-0.15, -0.1) is 0 Å². The molecule has 0 radical (unpaired) electrons. The van der Waals surface area contributed by atoms with E-state index in [1.807, 2.05) is 0 Å². The van der Waals surface area contributed by atoms with Gasteiger partial charge in [0.2, 0.25) is 0 Å². The van der Waals surface area contributed by atoms with Gasteiger partial charge in [0.25, 0.3) is 0 Å². The summed E-state index contributed by atoms with van der Waals surface area (Å²) in [4.78, 5) is 0.204. The Bertz CT molecular complexity index is 806. The van der Waals surface area contributed by atoms with Crippen molar-refractivity contribution < 1.29 is 0 Å². The van der Waals surface area contributed by atoms with Crippen LogP contribution in [0.15, 0.2) is 59.1 Å². The van der Waals surface area contributed by atoms with E-state index in [4.69, 9.17) is 0 Å². The van der Waals surface area contributed by atoms with E-state index < -0.39 is 0 Å². The molecule has 0 fully saturated rings. The van der Waals surface area contributed by atoms with Gasteiger partial charge in [0, 0.05) is 4.47 Å². The molecule has 0 aliphatic rings. The van der Waals surface area contributed by atoms with Crippen molar-refractivity contribution in [3.05, 3.63) is 81.3 Å². The molecule has 0 saturated carbocycles. The Balaban J connectivity index is 2.15. The molecule has 0 heterocycles. The number of benzene rings is 3. The first kappa shape index (κ1) is 14.8. The standard InChI is InChI=1S/C19H16Br2/c1-12-7-9-17(16-6-4-3-5-15(12)16)19(21)14-8-10-18(20)13(2)11-14/h3-11,19H,1-2H3. The molecule has 0 aliphatic carbocycles. The second kappa shape index (κ2) is 5.94. The van der Waals surface area contributed by atoms with Crippen LogP contribution in [0, 0.1) is 13.8 Å². The summed E-state index contributed by atoms with van der Waals surface area (Å²) in [6.45, 7) is 4.29. The molecule has 21 heavy (non-hydrogen) atoms. The highest BCUT2D eigenvalue weighted by Gasteiger charge is 2.14. The van der Waals surface area contributed by atoms with Gasteiger partial charge in [-0.05, 0) is 52.9 Å². The normalized spacial score (nSPS) is 12.6. The third kappa shape index (κ3) is 2.79. The lowest BCUT2D eigenvalue weighted by Gasteiger charge is -2.16. The quantitative estimate of drug-likeness (QED) is 0.417. The summed E-state index contributed by atoms with van der Waals surface area (Å²) in [5.74, 6) is 0. The van der Waals surface area contributed by atoms with Crippen LogP contribution in [-0.2, 0) is 0 Å². The molecule has 0 saturated heterocycles. The van der Waals surface area contributed by atoms with Crippen LogP contribution in [0.3, 0.4) is 0 Å². The van der Waals surface area contributed by atoms with Crippen LogP contribution in [0.1, 0.15) is 27.1 Å². The van der Waals surface area contributed by atoms with E-state index in [2.05, 4.69) is 100 Å². The predicted octanol–water partition coefficient (Wildman–Crippen LogP) is 6.70. The smallest absolute Gasteiger partial charge is 0.0650 e. The summed E-state index contributed by atoms with van der Waals surface area (Å²) >= 11 is 7.45. The monoisotopic (exact) mass is 402 g/mol. The van der Waals surface area contributed by atoms with E-state index in [9.17, 15) is 0 Å². The average molecular weight is 404 g/mol. The largest absolute Gasteiger partial charge is 0.0786 e. The molecule has 2 heteroatoms. The van der Waals surface area contributed by atoms with Crippen LogP contribution in [0.25, 0.3) is 10.8 Å². The Labute approximate surface area is 142 Å². The highest BCUT2D eigenvalue weighted by molar-refractivity contribution is 9.10. The van der Waals surface area contributed by atoms with E-state index in [-0.39, 0.29) is 4.83 Å². The van der Waals surface area contributed by atoms with Gasteiger partial charge in [-0.3, -0.25) is 0 Å². The number of hydrogen-bond acceptors (Lipinski definition) is 0. The van der Waals surface area contributed by atoms with Crippen LogP contribution in [0.5, 0.6) is 0 Å². The van der Waals surface area contributed by atoms with Crippen molar-refractivity contribution in [2.24, 2.45) is 0 Å². The molecule has 1 unspecified atom stereocenters. The third-order valence-corrected chi connectivity index (χ3v) is 5.84. The summed E-state index contributed by atoms with van der Waals surface area (Å²) in [6.07, 6.45) is 0. The molecule has 0 nitrogen and oxygen atoms in total. The molecular weight excluding hydrogens is 388 g/mol. The van der Waals surface area contributed by atoms with Crippen molar-refractivity contribution in [3.8, 4) is 0 Å². The van der Waals surface area contributed by atoms with Gasteiger partial charge in [-0.25, -0.2) is 0 Å². The Hall–Kier alpha value is -1.12. The van der Waals surface area contributed by atoms with Gasteiger partial charge in [0.15, 0.2) is 0 Å². The van der Waals surface area contributed by atoms with Crippen LogP contribution < -0.4 is 0 Å². The van der Waals surface area contributed by atoms with Gasteiger partial charge >= 0.3 is 0 Å². The van der Waals surface area contributed by atoms with Crippen LogP contribution in [0.4, 0.5) is 0 Å². The molecule has 0 bridgehead atoms. The summed E-state index contributed by atoms with van der Waals surface area (Å²) in [6, 6.07) is 19.6. The lowest BCUT2D eigenvalue weighted by molar-refractivity contribution is 1.18. The lowest BCUT2D eigenvalue weighted by Crippen LogP contribution is -1.96. The second-order valence-corrected chi connectivity index (χ2v) is 7.16. The molecule has 3 aromatic rings. The highest BCUT2D eigenvalue weighted by atomic mass is 79.9. The minimum Gasteiger partial charge on any atom is -0.0786 e. The van der Waals surface area contributed by atoms with Crippen molar-refractivity contribution in [1.29, 1.82) is 0 Å².